The monoisotopic (exact) mass is 365 g/mol. The molecule has 0 radical (unpaired) electrons. The minimum atomic E-state index is -4.05. The van der Waals surface area contributed by atoms with E-state index < -0.39 is 15.9 Å². The second-order valence-corrected chi connectivity index (χ2v) is 7.82. The SMILES string of the molecule is Cc1ccc(S(=O)(=O)N(C(=O)c2ccccc2C)c2ccccc2)cc1. The van der Waals surface area contributed by atoms with E-state index in [-0.39, 0.29) is 4.90 Å². The Hall–Kier alpha value is -2.92. The lowest BCUT2D eigenvalue weighted by Crippen LogP contribution is -2.37. The van der Waals surface area contributed by atoms with Crippen molar-refractivity contribution in [3.63, 3.8) is 0 Å². The Labute approximate surface area is 153 Å². The van der Waals surface area contributed by atoms with Gasteiger partial charge in [-0.2, -0.15) is 4.31 Å². The van der Waals surface area contributed by atoms with Crippen LogP contribution in [0.15, 0.2) is 83.8 Å². The van der Waals surface area contributed by atoms with Gasteiger partial charge in [0.2, 0.25) is 0 Å². The lowest BCUT2D eigenvalue weighted by Gasteiger charge is -2.23. The molecule has 0 fully saturated rings. The number of carbonyl (C=O) groups is 1. The second-order valence-electron chi connectivity index (χ2n) is 6.04. The number of hydrogen-bond donors (Lipinski definition) is 0. The summed E-state index contributed by atoms with van der Waals surface area (Å²) in [6.07, 6.45) is 0. The summed E-state index contributed by atoms with van der Waals surface area (Å²) in [5, 5.41) is 0. The molecule has 0 atom stereocenters. The molecule has 0 saturated heterocycles. The zero-order valence-electron chi connectivity index (χ0n) is 14.6. The van der Waals surface area contributed by atoms with Gasteiger partial charge in [-0.1, -0.05) is 54.1 Å². The summed E-state index contributed by atoms with van der Waals surface area (Å²) in [6, 6.07) is 21.8. The van der Waals surface area contributed by atoms with Gasteiger partial charge in [0.1, 0.15) is 0 Å². The Bertz CT molecular complexity index is 1030. The molecule has 0 aromatic heterocycles. The van der Waals surface area contributed by atoms with Crippen molar-refractivity contribution in [2.75, 3.05) is 4.31 Å². The normalized spacial score (nSPS) is 11.2. The molecular formula is C21H19NO3S. The van der Waals surface area contributed by atoms with Gasteiger partial charge in [0, 0.05) is 5.56 Å². The lowest BCUT2D eigenvalue weighted by molar-refractivity contribution is 0.100. The average molecular weight is 365 g/mol. The number of anilines is 1. The van der Waals surface area contributed by atoms with Gasteiger partial charge in [-0.05, 0) is 49.7 Å². The molecule has 0 aliphatic rings. The van der Waals surface area contributed by atoms with Crippen LogP contribution < -0.4 is 4.31 Å². The van der Waals surface area contributed by atoms with Crippen LogP contribution in [0.3, 0.4) is 0 Å². The molecule has 3 rings (SSSR count). The Morgan fingerprint density at radius 3 is 1.96 bits per heavy atom. The molecule has 5 heteroatoms. The van der Waals surface area contributed by atoms with E-state index >= 15 is 0 Å². The zero-order valence-corrected chi connectivity index (χ0v) is 15.4. The van der Waals surface area contributed by atoms with Gasteiger partial charge in [0.25, 0.3) is 15.9 Å². The van der Waals surface area contributed by atoms with E-state index in [2.05, 4.69) is 0 Å². The highest BCUT2D eigenvalue weighted by molar-refractivity contribution is 7.93. The van der Waals surface area contributed by atoms with Crippen molar-refractivity contribution in [1.82, 2.24) is 0 Å². The molecular weight excluding hydrogens is 346 g/mol. The predicted octanol–water partition coefficient (Wildman–Crippen LogP) is 4.34. The highest BCUT2D eigenvalue weighted by Gasteiger charge is 2.32. The van der Waals surface area contributed by atoms with Crippen molar-refractivity contribution in [3.05, 3.63) is 95.6 Å². The largest absolute Gasteiger partial charge is 0.272 e. The minimum Gasteiger partial charge on any atom is -0.268 e. The van der Waals surface area contributed by atoms with Gasteiger partial charge >= 0.3 is 0 Å². The Balaban J connectivity index is 2.18. The standard InChI is InChI=1S/C21H19NO3S/c1-16-12-14-19(15-13-16)26(24,25)22(18-9-4-3-5-10-18)21(23)20-11-7-6-8-17(20)2/h3-15H,1-2H3. The molecule has 0 heterocycles. The summed E-state index contributed by atoms with van der Waals surface area (Å²) >= 11 is 0. The van der Waals surface area contributed by atoms with Gasteiger partial charge in [-0.25, -0.2) is 8.42 Å². The molecule has 0 aliphatic carbocycles. The van der Waals surface area contributed by atoms with Crippen molar-refractivity contribution < 1.29 is 13.2 Å². The third-order valence-electron chi connectivity index (χ3n) is 4.11. The quantitative estimate of drug-likeness (QED) is 0.691. The lowest BCUT2D eigenvalue weighted by atomic mass is 10.1. The first-order valence-electron chi connectivity index (χ1n) is 8.18. The van der Waals surface area contributed by atoms with Crippen molar-refractivity contribution in [1.29, 1.82) is 0 Å². The molecule has 0 bridgehead atoms. The first kappa shape index (κ1) is 17.9. The minimum absolute atomic E-state index is 0.0777. The Morgan fingerprint density at radius 2 is 1.35 bits per heavy atom. The van der Waals surface area contributed by atoms with E-state index in [0.717, 1.165) is 15.4 Å². The smallest absolute Gasteiger partial charge is 0.268 e. The zero-order chi connectivity index (χ0) is 18.7. The van der Waals surface area contributed by atoms with Gasteiger partial charge in [-0.3, -0.25) is 4.79 Å². The number of amides is 1. The molecule has 3 aromatic rings. The van der Waals surface area contributed by atoms with Crippen LogP contribution in [0.1, 0.15) is 21.5 Å². The van der Waals surface area contributed by atoms with Crippen LogP contribution in [0.25, 0.3) is 0 Å². The van der Waals surface area contributed by atoms with Crippen molar-refractivity contribution in [2.24, 2.45) is 0 Å². The van der Waals surface area contributed by atoms with Crippen LogP contribution in [0.2, 0.25) is 0 Å². The highest BCUT2D eigenvalue weighted by atomic mass is 32.2. The number of sulfonamides is 1. The van der Waals surface area contributed by atoms with E-state index in [9.17, 15) is 13.2 Å². The van der Waals surface area contributed by atoms with Crippen LogP contribution in [0.5, 0.6) is 0 Å². The number of nitrogens with zero attached hydrogens (tertiary/aromatic N) is 1. The van der Waals surface area contributed by atoms with Crippen molar-refractivity contribution in [3.8, 4) is 0 Å². The van der Waals surface area contributed by atoms with Crippen LogP contribution in [-0.2, 0) is 10.0 Å². The van der Waals surface area contributed by atoms with Crippen LogP contribution in [-0.4, -0.2) is 14.3 Å². The van der Waals surface area contributed by atoms with E-state index in [0.29, 0.717) is 11.3 Å². The average Bonchev–Trinajstić information content (AvgIpc) is 2.63. The maximum absolute atomic E-state index is 13.3. The van der Waals surface area contributed by atoms with E-state index in [1.54, 1.807) is 67.6 Å². The topological polar surface area (TPSA) is 54.5 Å². The Kier molecular flexibility index (Phi) is 4.91. The molecule has 0 N–H and O–H groups in total. The third kappa shape index (κ3) is 3.39. The second kappa shape index (κ2) is 7.14. The number of hydrogen-bond acceptors (Lipinski definition) is 3. The summed E-state index contributed by atoms with van der Waals surface area (Å²) in [5.74, 6) is -0.574. The molecule has 0 unspecified atom stereocenters. The molecule has 4 nitrogen and oxygen atoms in total. The fourth-order valence-corrected chi connectivity index (χ4v) is 4.07. The maximum Gasteiger partial charge on any atom is 0.272 e. The first-order chi connectivity index (χ1) is 12.4. The van der Waals surface area contributed by atoms with Crippen LogP contribution in [0, 0.1) is 13.8 Å². The maximum atomic E-state index is 13.3. The molecule has 3 aromatic carbocycles. The van der Waals surface area contributed by atoms with Crippen LogP contribution in [0.4, 0.5) is 5.69 Å². The van der Waals surface area contributed by atoms with Crippen LogP contribution >= 0.6 is 0 Å². The van der Waals surface area contributed by atoms with Gasteiger partial charge in [-0.15, -0.1) is 0 Å². The number of aryl methyl sites for hydroxylation is 2. The number of rotatable bonds is 4. The molecule has 0 aliphatic heterocycles. The highest BCUT2D eigenvalue weighted by Crippen LogP contribution is 2.26. The summed E-state index contributed by atoms with van der Waals surface area (Å²) in [7, 11) is -4.05. The summed E-state index contributed by atoms with van der Waals surface area (Å²) in [4.78, 5) is 13.3. The summed E-state index contributed by atoms with van der Waals surface area (Å²) in [5.41, 5.74) is 2.33. The van der Waals surface area contributed by atoms with E-state index in [1.807, 2.05) is 13.0 Å². The van der Waals surface area contributed by atoms with Gasteiger partial charge in [0.15, 0.2) is 0 Å². The summed E-state index contributed by atoms with van der Waals surface area (Å²) < 4.78 is 27.4. The molecule has 1 amide bonds. The first-order valence-corrected chi connectivity index (χ1v) is 9.62. The number of benzene rings is 3. The molecule has 132 valence electrons. The van der Waals surface area contributed by atoms with E-state index in [1.165, 1.54) is 12.1 Å². The van der Waals surface area contributed by atoms with Gasteiger partial charge < -0.3 is 0 Å². The van der Waals surface area contributed by atoms with E-state index in [4.69, 9.17) is 0 Å². The fraction of sp³-hybridized carbons (Fsp3) is 0.0952. The predicted molar refractivity (Wildman–Crippen MR) is 103 cm³/mol. The summed E-state index contributed by atoms with van der Waals surface area (Å²) in [6.45, 7) is 3.67. The van der Waals surface area contributed by atoms with Crippen molar-refractivity contribution >= 4 is 21.6 Å². The third-order valence-corrected chi connectivity index (χ3v) is 5.84. The molecule has 0 spiro atoms. The Morgan fingerprint density at radius 1 is 0.769 bits per heavy atom. The van der Waals surface area contributed by atoms with Gasteiger partial charge in [0.05, 0.1) is 10.6 Å². The number of para-hydroxylation sites is 1. The molecule has 0 saturated carbocycles. The molecule has 26 heavy (non-hydrogen) atoms. The van der Waals surface area contributed by atoms with Crippen molar-refractivity contribution in [2.45, 2.75) is 18.7 Å². The fourth-order valence-electron chi connectivity index (χ4n) is 2.67. The number of carbonyl (C=O) groups excluding carboxylic acids is 1.